The van der Waals surface area contributed by atoms with Crippen molar-refractivity contribution in [3.8, 4) is 79.1 Å². The molecule has 0 saturated heterocycles. The van der Waals surface area contributed by atoms with Crippen LogP contribution in [0.25, 0.3) is 143 Å². The average molecular weight is 1960 g/mol. The molecule has 8 aromatic heterocycles. The molecule has 0 atom stereocenters. The van der Waals surface area contributed by atoms with Crippen LogP contribution < -0.4 is 16.9 Å². The van der Waals surface area contributed by atoms with E-state index in [1.807, 2.05) is 129 Å². The Balaban J connectivity index is 0.000000150. The first-order chi connectivity index (χ1) is 50.0. The molecule has 19 heteroatoms. The largest absolute Gasteiger partial charge is 0.508 e. The Morgan fingerprint density at radius 3 is 1.00 bits per heavy atom. The maximum Gasteiger partial charge on any atom is 0.361 e. The summed E-state index contributed by atoms with van der Waals surface area (Å²) in [6.45, 7) is 30.9. The summed E-state index contributed by atoms with van der Waals surface area (Å²) in [6.07, 6.45) is 4.68. The van der Waals surface area contributed by atoms with Gasteiger partial charge in [0, 0.05) is 268 Å². The molecular weight excluding hydrogens is 1880 g/mol. The Kier molecular flexibility index (Phi) is 22.8. The average Bonchev–Trinajstić information content (AvgIpc) is 1.57. The fourth-order valence-electron chi connectivity index (χ4n) is 16.2. The minimum Gasteiger partial charge on any atom is -0.508 e. The fourth-order valence-corrected chi connectivity index (χ4v) is 16.2. The molecule has 0 saturated carbocycles. The Bertz CT molecular complexity index is 6730. The zero-order valence-electron chi connectivity index (χ0n) is 63.4. The van der Waals surface area contributed by atoms with Crippen molar-refractivity contribution in [3.63, 3.8) is 0 Å². The van der Waals surface area contributed by atoms with Gasteiger partial charge < -0.3 is 57.3 Å². The second-order valence-electron chi connectivity index (χ2n) is 29.0. The van der Waals surface area contributed by atoms with E-state index in [1.54, 1.807) is 18.2 Å². The topological polar surface area (TPSA) is 226 Å². The molecule has 18 rings (SSSR count). The number of pyridine rings is 2. The monoisotopic (exact) mass is 1960 g/mol. The van der Waals surface area contributed by atoms with Gasteiger partial charge in [-0.25, -0.2) is 14.4 Å². The molecule has 536 valence electrons. The SMILES string of the molecule is Cc1ccc(-c2c3c4cc(C)c(O)cc4oc(=O)c3n3ccc4c(C)c(C)c(C)cc4c23)cc1O.Cc1ccc(-c2c3c4cc(C)c(O)cc4oc(=O)c3n3ccc4c(C)c(C)c(C)cc4c23)cc1O.Cc1ccc(-c2c3n(c4c(=O)oc5cc(O)c(C)cc5c24)CCc2c-3cc(C)c(C)c2C)cc1O.[Pr].[Pr].[Pr].[Pr]. The first-order valence-electron chi connectivity index (χ1n) is 35.1. The third-order valence-corrected chi connectivity index (χ3v) is 22.9. The Morgan fingerprint density at radius 1 is 0.303 bits per heavy atom. The van der Waals surface area contributed by atoms with Gasteiger partial charge in [-0.15, -0.1) is 0 Å². The summed E-state index contributed by atoms with van der Waals surface area (Å²) in [7, 11) is 0. The number of rotatable bonds is 3. The molecule has 0 aliphatic carbocycles. The number of hydrogen-bond acceptors (Lipinski definition) is 12. The number of aryl methyl sites for hydroxylation is 12. The molecule has 9 aromatic carbocycles. The van der Waals surface area contributed by atoms with Gasteiger partial charge in [0.05, 0.1) is 16.7 Å². The van der Waals surface area contributed by atoms with Crippen molar-refractivity contribution in [1.82, 2.24) is 13.4 Å². The van der Waals surface area contributed by atoms with Crippen molar-refractivity contribution >= 4 is 98.2 Å². The zero-order chi connectivity index (χ0) is 74.3. The molecule has 0 unspecified atom stereocenters. The van der Waals surface area contributed by atoms with Crippen LogP contribution in [-0.2, 0) is 13.0 Å². The number of nitrogens with zero attached hydrogens (tertiary/aromatic N) is 3. The van der Waals surface area contributed by atoms with Crippen molar-refractivity contribution in [2.24, 2.45) is 0 Å². The molecule has 109 heavy (non-hydrogen) atoms. The predicted molar refractivity (Wildman–Crippen MR) is 421 cm³/mol. The summed E-state index contributed by atoms with van der Waals surface area (Å²) in [4.78, 5) is 40.2. The molecule has 17 aromatic rings. The van der Waals surface area contributed by atoms with Crippen LogP contribution in [0.3, 0.4) is 0 Å². The second-order valence-corrected chi connectivity index (χ2v) is 29.0. The summed E-state index contributed by atoms with van der Waals surface area (Å²) in [5, 5.41) is 71.6. The van der Waals surface area contributed by atoms with Crippen LogP contribution >= 0.6 is 0 Å². The Labute approximate surface area is 760 Å². The molecule has 0 spiro atoms. The van der Waals surface area contributed by atoms with E-state index in [4.69, 9.17) is 13.3 Å². The smallest absolute Gasteiger partial charge is 0.361 e. The number of phenols is 6. The maximum atomic E-state index is 13.4. The summed E-state index contributed by atoms with van der Waals surface area (Å²) in [5.41, 5.74) is 26.7. The van der Waals surface area contributed by atoms with Gasteiger partial charge in [0.15, 0.2) is 0 Å². The molecule has 6 N–H and O–H groups in total. The van der Waals surface area contributed by atoms with Crippen LogP contribution in [0.2, 0.25) is 0 Å². The predicted octanol–water partition coefficient (Wildman–Crippen LogP) is 20.5. The third-order valence-electron chi connectivity index (χ3n) is 22.9. The number of aromatic nitrogens is 3. The minimum absolute atomic E-state index is 0. The van der Waals surface area contributed by atoms with Crippen LogP contribution in [0.4, 0.5) is 0 Å². The van der Waals surface area contributed by atoms with Crippen LogP contribution in [0.15, 0.2) is 161 Å². The summed E-state index contributed by atoms with van der Waals surface area (Å²) in [6, 6.07) is 37.7. The second kappa shape index (κ2) is 30.5. The van der Waals surface area contributed by atoms with Crippen LogP contribution in [0.1, 0.15) is 89.0 Å². The van der Waals surface area contributed by atoms with Gasteiger partial charge in [0.2, 0.25) is 0 Å². The molecule has 4 radical (unpaired) electrons. The molecule has 9 heterocycles. The van der Waals surface area contributed by atoms with Gasteiger partial charge in [-0.3, -0.25) is 0 Å². The van der Waals surface area contributed by atoms with Gasteiger partial charge >= 0.3 is 16.9 Å². The number of aromatic hydroxyl groups is 6. The number of benzene rings is 9. The van der Waals surface area contributed by atoms with E-state index < -0.39 is 16.9 Å². The van der Waals surface area contributed by atoms with E-state index in [2.05, 4.69) is 85.1 Å². The van der Waals surface area contributed by atoms with Crippen molar-refractivity contribution in [2.75, 3.05) is 0 Å². The first kappa shape index (κ1) is 81.5. The molecule has 15 nitrogen and oxygen atoms in total. The summed E-state index contributed by atoms with van der Waals surface area (Å²) < 4.78 is 23.1. The Morgan fingerprint density at radius 2 is 0.624 bits per heavy atom. The standard InChI is InChI=1S/C30H27NO4.2C30H25NO4.4Pr/c3*1-14-6-7-19(12-23(14)32)26-27-22-11-16(3)24(33)13-25(22)35-30(34)29(27)31-9-8-20-18(5)17(4)15(2)10-21(20)28(26)31;;;;/h6-7,10-13,32-33H,8-9H2,1-5H3;2*6-13,32-33H,1-5H3;;;;. The quantitative estimate of drug-likeness (QED) is 0.0909. The van der Waals surface area contributed by atoms with E-state index in [0.717, 1.165) is 133 Å². The van der Waals surface area contributed by atoms with Crippen LogP contribution in [0.5, 0.6) is 34.5 Å². The van der Waals surface area contributed by atoms with E-state index in [1.165, 1.54) is 73.8 Å². The van der Waals surface area contributed by atoms with E-state index in [9.17, 15) is 45.0 Å². The van der Waals surface area contributed by atoms with E-state index in [-0.39, 0.29) is 200 Å². The summed E-state index contributed by atoms with van der Waals surface area (Å²) in [5.74, 6) is 0.838. The number of fused-ring (bicyclic) bond motifs is 21. The van der Waals surface area contributed by atoms with E-state index in [0.29, 0.717) is 56.5 Å². The number of hydrogen-bond donors (Lipinski definition) is 6. The van der Waals surface area contributed by atoms with Gasteiger partial charge in [-0.2, -0.15) is 0 Å². The van der Waals surface area contributed by atoms with Gasteiger partial charge in [0.1, 0.15) is 67.8 Å². The normalized spacial score (nSPS) is 11.8. The van der Waals surface area contributed by atoms with E-state index >= 15 is 0 Å². The molecule has 1 aliphatic heterocycles. The van der Waals surface area contributed by atoms with Crippen molar-refractivity contribution in [3.05, 3.63) is 254 Å². The summed E-state index contributed by atoms with van der Waals surface area (Å²) >= 11 is 0. The van der Waals surface area contributed by atoms with Crippen molar-refractivity contribution < 1.29 is 209 Å². The van der Waals surface area contributed by atoms with Gasteiger partial charge in [0.25, 0.3) is 0 Å². The zero-order valence-corrected chi connectivity index (χ0v) is 78.2. The fraction of sp³-hybridized carbons (Fsp3) is 0.189. The molecule has 1 aliphatic rings. The van der Waals surface area contributed by atoms with Gasteiger partial charge in [-0.05, 0) is 293 Å². The molecular formula is C90H77N3O12Pr4. The number of phenolic OH excluding ortho intramolecular Hbond substituents is 6. The minimum atomic E-state index is -0.478. The molecule has 0 amide bonds. The van der Waals surface area contributed by atoms with Crippen LogP contribution in [0, 0.1) is 269 Å². The Hall–Kier alpha value is -7.04. The first-order valence-corrected chi connectivity index (χ1v) is 35.1. The van der Waals surface area contributed by atoms with Crippen molar-refractivity contribution in [1.29, 1.82) is 0 Å². The third kappa shape index (κ3) is 13.1. The van der Waals surface area contributed by atoms with Crippen LogP contribution in [-0.4, -0.2) is 44.0 Å². The molecule has 0 fully saturated rings. The molecule has 0 bridgehead atoms. The maximum absolute atomic E-state index is 13.4. The van der Waals surface area contributed by atoms with Gasteiger partial charge in [-0.1, -0.05) is 36.4 Å². The van der Waals surface area contributed by atoms with Crippen molar-refractivity contribution in [2.45, 2.75) is 117 Å².